The zero-order valence-electron chi connectivity index (χ0n) is 21.1. The van der Waals surface area contributed by atoms with Crippen molar-refractivity contribution in [1.82, 2.24) is 5.32 Å². The maximum atomic E-state index is 14.1. The molecule has 3 aromatic rings. The highest BCUT2D eigenvalue weighted by Crippen LogP contribution is 2.35. The molecule has 2 amide bonds. The third-order valence-electron chi connectivity index (χ3n) is 6.86. The number of amides is 2. The van der Waals surface area contributed by atoms with E-state index in [2.05, 4.69) is 5.32 Å². The Morgan fingerprint density at radius 2 is 1.68 bits per heavy atom. The summed E-state index contributed by atoms with van der Waals surface area (Å²) < 4.78 is 22.3. The van der Waals surface area contributed by atoms with Crippen LogP contribution in [0.2, 0.25) is 0 Å². The van der Waals surface area contributed by atoms with E-state index in [0.29, 0.717) is 28.5 Å². The fourth-order valence-electron chi connectivity index (χ4n) is 4.92. The third kappa shape index (κ3) is 5.37. The number of carbonyl (C=O) groups is 3. The van der Waals surface area contributed by atoms with Crippen LogP contribution in [0.5, 0.6) is 11.5 Å². The molecule has 2 atom stereocenters. The lowest BCUT2D eigenvalue weighted by molar-refractivity contribution is -0.132. The number of para-hydroxylation sites is 2. The van der Waals surface area contributed by atoms with Gasteiger partial charge < -0.3 is 23.9 Å². The van der Waals surface area contributed by atoms with Gasteiger partial charge in [-0.2, -0.15) is 0 Å². The van der Waals surface area contributed by atoms with Crippen molar-refractivity contribution >= 4 is 23.5 Å². The highest BCUT2D eigenvalue weighted by atomic mass is 16.6. The largest absolute Gasteiger partial charge is 0.485 e. The van der Waals surface area contributed by atoms with Crippen LogP contribution >= 0.6 is 0 Å². The fourth-order valence-corrected chi connectivity index (χ4v) is 4.92. The van der Waals surface area contributed by atoms with Crippen LogP contribution in [0.4, 0.5) is 5.69 Å². The molecule has 1 aromatic heterocycles. The van der Waals surface area contributed by atoms with Crippen LogP contribution in [0.15, 0.2) is 71.3 Å². The molecule has 198 valence electrons. The molecule has 2 aromatic carbocycles. The molecule has 1 N–H and O–H groups in total. The van der Waals surface area contributed by atoms with Gasteiger partial charge in [0.05, 0.1) is 18.9 Å². The molecular formula is C29H30N2O7. The first-order valence-electron chi connectivity index (χ1n) is 12.8. The van der Waals surface area contributed by atoms with Crippen molar-refractivity contribution < 1.29 is 33.0 Å². The van der Waals surface area contributed by atoms with E-state index in [4.69, 9.17) is 18.6 Å². The van der Waals surface area contributed by atoms with Gasteiger partial charge in [0, 0.05) is 11.7 Å². The van der Waals surface area contributed by atoms with E-state index in [-0.39, 0.29) is 18.6 Å². The zero-order valence-corrected chi connectivity index (χ0v) is 21.1. The quantitative estimate of drug-likeness (QED) is 0.461. The molecule has 1 aliphatic heterocycles. The second-order valence-corrected chi connectivity index (χ2v) is 9.37. The summed E-state index contributed by atoms with van der Waals surface area (Å²) in [6, 6.07) is 15.7. The van der Waals surface area contributed by atoms with Gasteiger partial charge in [0.25, 0.3) is 11.8 Å². The number of anilines is 1. The number of carbonyl (C=O) groups excluding carboxylic acids is 3. The highest BCUT2D eigenvalue weighted by Gasteiger charge is 2.41. The number of nitrogens with one attached hydrogen (secondary N) is 1. The Morgan fingerprint density at radius 3 is 2.37 bits per heavy atom. The number of methoxy groups -OCH3 is 1. The molecule has 0 bridgehead atoms. The molecule has 0 radical (unpaired) electrons. The van der Waals surface area contributed by atoms with Gasteiger partial charge in [0.1, 0.15) is 12.4 Å². The molecule has 2 aliphatic rings. The topological polar surface area (TPSA) is 107 Å². The second-order valence-electron chi connectivity index (χ2n) is 9.37. The van der Waals surface area contributed by atoms with E-state index >= 15 is 0 Å². The SMILES string of the molecule is COC(=O)c1ccc(N(C(=O)[C@@H]2COc3ccccc3O2)[C@@H](C(=O)NC2CCCCC2)c2ccco2)cc1. The van der Waals surface area contributed by atoms with Crippen LogP contribution in [0.25, 0.3) is 0 Å². The van der Waals surface area contributed by atoms with Crippen LogP contribution in [0.1, 0.15) is 54.3 Å². The van der Waals surface area contributed by atoms with Crippen LogP contribution in [-0.2, 0) is 14.3 Å². The van der Waals surface area contributed by atoms with Gasteiger partial charge in [-0.15, -0.1) is 0 Å². The van der Waals surface area contributed by atoms with Crippen LogP contribution < -0.4 is 19.7 Å². The molecule has 38 heavy (non-hydrogen) atoms. The van der Waals surface area contributed by atoms with Gasteiger partial charge >= 0.3 is 5.97 Å². The van der Waals surface area contributed by atoms with Crippen molar-refractivity contribution in [2.75, 3.05) is 18.6 Å². The predicted octanol–water partition coefficient (Wildman–Crippen LogP) is 4.43. The highest BCUT2D eigenvalue weighted by molar-refractivity contribution is 6.03. The molecule has 0 spiro atoms. The Hall–Kier alpha value is -4.27. The second kappa shape index (κ2) is 11.4. The van der Waals surface area contributed by atoms with Gasteiger partial charge in [0.2, 0.25) is 6.10 Å². The van der Waals surface area contributed by atoms with Crippen molar-refractivity contribution in [3.63, 3.8) is 0 Å². The standard InChI is InChI=1S/C29H30N2O7/c1-35-29(34)19-13-15-21(16-14-19)31(28(33)25-18-37-22-10-5-6-11-23(22)38-25)26(24-12-7-17-36-24)27(32)30-20-8-3-2-4-9-20/h5-7,10-17,20,25-26H,2-4,8-9,18H2,1H3,(H,30,32)/t25-,26+/m0/s1. The van der Waals surface area contributed by atoms with Gasteiger partial charge in [-0.1, -0.05) is 31.4 Å². The first-order valence-corrected chi connectivity index (χ1v) is 12.8. The number of ether oxygens (including phenoxy) is 3. The average Bonchev–Trinajstić information content (AvgIpc) is 3.50. The lowest BCUT2D eigenvalue weighted by Gasteiger charge is -2.35. The number of nitrogens with zero attached hydrogens (tertiary/aromatic N) is 1. The summed E-state index contributed by atoms with van der Waals surface area (Å²) in [4.78, 5) is 41.3. The Kier molecular flexibility index (Phi) is 7.62. The number of hydrogen-bond donors (Lipinski definition) is 1. The molecule has 5 rings (SSSR count). The minimum atomic E-state index is -1.11. The maximum Gasteiger partial charge on any atom is 0.337 e. The summed E-state index contributed by atoms with van der Waals surface area (Å²) in [6.07, 6.45) is 5.46. The molecular weight excluding hydrogens is 488 g/mol. The van der Waals surface area contributed by atoms with E-state index in [0.717, 1.165) is 32.1 Å². The minimum absolute atomic E-state index is 0.0218. The molecule has 9 nitrogen and oxygen atoms in total. The molecule has 1 saturated carbocycles. The molecule has 2 heterocycles. The number of hydrogen-bond acceptors (Lipinski definition) is 7. The van der Waals surface area contributed by atoms with Crippen molar-refractivity contribution in [1.29, 1.82) is 0 Å². The summed E-state index contributed by atoms with van der Waals surface area (Å²) in [5.74, 6) is -0.0455. The summed E-state index contributed by atoms with van der Waals surface area (Å²) in [5.41, 5.74) is 0.710. The fraction of sp³-hybridized carbons (Fsp3) is 0.345. The van der Waals surface area contributed by atoms with E-state index in [1.54, 1.807) is 54.6 Å². The number of furan rings is 1. The maximum absolute atomic E-state index is 14.1. The van der Waals surface area contributed by atoms with Crippen molar-refractivity contribution in [3.8, 4) is 11.5 Å². The average molecular weight is 519 g/mol. The third-order valence-corrected chi connectivity index (χ3v) is 6.86. The summed E-state index contributed by atoms with van der Waals surface area (Å²) in [5, 5.41) is 3.13. The lowest BCUT2D eigenvalue weighted by atomic mass is 9.95. The molecule has 1 fully saturated rings. The van der Waals surface area contributed by atoms with Crippen molar-refractivity contribution in [2.45, 2.75) is 50.3 Å². The van der Waals surface area contributed by atoms with E-state index in [1.165, 1.54) is 18.3 Å². The van der Waals surface area contributed by atoms with E-state index in [9.17, 15) is 14.4 Å². The summed E-state index contributed by atoms with van der Waals surface area (Å²) >= 11 is 0. The van der Waals surface area contributed by atoms with E-state index in [1.807, 2.05) is 6.07 Å². The first-order chi connectivity index (χ1) is 18.5. The van der Waals surface area contributed by atoms with Crippen LogP contribution in [0, 0.1) is 0 Å². The van der Waals surface area contributed by atoms with Crippen LogP contribution in [0.3, 0.4) is 0 Å². The zero-order chi connectivity index (χ0) is 26.5. The summed E-state index contributed by atoms with van der Waals surface area (Å²) in [7, 11) is 1.30. The van der Waals surface area contributed by atoms with Gasteiger partial charge in [-0.3, -0.25) is 14.5 Å². The normalized spacial score (nSPS) is 17.8. The number of benzene rings is 2. The lowest BCUT2D eigenvalue weighted by Crippen LogP contribution is -2.52. The molecule has 0 saturated heterocycles. The minimum Gasteiger partial charge on any atom is -0.485 e. The first kappa shape index (κ1) is 25.4. The van der Waals surface area contributed by atoms with Gasteiger partial charge in [-0.05, 0) is 61.4 Å². The predicted molar refractivity (Wildman–Crippen MR) is 138 cm³/mol. The van der Waals surface area contributed by atoms with Gasteiger partial charge in [-0.25, -0.2) is 4.79 Å². The Balaban J connectivity index is 1.52. The Labute approximate surface area is 220 Å². The number of fused-ring (bicyclic) bond motifs is 1. The van der Waals surface area contributed by atoms with Crippen molar-refractivity contribution in [2.24, 2.45) is 0 Å². The molecule has 1 aliphatic carbocycles. The number of esters is 1. The smallest absolute Gasteiger partial charge is 0.337 e. The Morgan fingerprint density at radius 1 is 0.947 bits per heavy atom. The van der Waals surface area contributed by atoms with Crippen molar-refractivity contribution in [3.05, 3.63) is 78.3 Å². The van der Waals surface area contributed by atoms with E-state index < -0.39 is 24.0 Å². The monoisotopic (exact) mass is 518 g/mol. The van der Waals surface area contributed by atoms with Gasteiger partial charge in [0.15, 0.2) is 17.5 Å². The summed E-state index contributed by atoms with van der Waals surface area (Å²) in [6.45, 7) is -0.0261. The number of rotatable bonds is 7. The Bertz CT molecular complexity index is 1270. The van der Waals surface area contributed by atoms with Crippen LogP contribution in [-0.4, -0.2) is 43.6 Å². The molecule has 0 unspecified atom stereocenters. The molecule has 9 heteroatoms.